The number of hydrogen-bond acceptors (Lipinski definition) is 5. The lowest BCUT2D eigenvalue weighted by molar-refractivity contribution is 0.0685. The highest BCUT2D eigenvalue weighted by atomic mass is 16.6. The largest absolute Gasteiger partial charge is 0.486 e. The molecule has 0 fully saturated rings. The number of carbonyl (C=O) groups is 1. The number of nitrogens with one attached hydrogen (secondary N) is 1. The smallest absolute Gasteiger partial charge is 0.356 e. The van der Waals surface area contributed by atoms with Crippen molar-refractivity contribution in [1.82, 2.24) is 9.97 Å². The van der Waals surface area contributed by atoms with Crippen LogP contribution in [0.25, 0.3) is 0 Å². The number of ether oxygens (including phenoxy) is 2. The molecule has 20 heavy (non-hydrogen) atoms. The summed E-state index contributed by atoms with van der Waals surface area (Å²) >= 11 is 0. The molecule has 0 amide bonds. The number of aromatic nitrogens is 2. The molecule has 1 atom stereocenters. The van der Waals surface area contributed by atoms with Crippen LogP contribution in [0.4, 0.5) is 0 Å². The van der Waals surface area contributed by atoms with Crippen molar-refractivity contribution in [2.45, 2.75) is 6.10 Å². The zero-order chi connectivity index (χ0) is 14.1. The van der Waals surface area contributed by atoms with Crippen molar-refractivity contribution in [1.29, 1.82) is 0 Å². The van der Waals surface area contributed by atoms with Gasteiger partial charge in [0.2, 0.25) is 0 Å². The van der Waals surface area contributed by atoms with Gasteiger partial charge in [-0.15, -0.1) is 0 Å². The van der Waals surface area contributed by atoms with Crippen LogP contribution in [-0.2, 0) is 0 Å². The van der Waals surface area contributed by atoms with Crippen LogP contribution < -0.4 is 9.47 Å². The van der Waals surface area contributed by atoms with Gasteiger partial charge in [0.05, 0.1) is 12.0 Å². The van der Waals surface area contributed by atoms with Crippen LogP contribution in [-0.4, -0.2) is 39.4 Å². The number of imidazole rings is 1. The predicted molar refractivity (Wildman–Crippen MR) is 67.0 cm³/mol. The maximum absolute atomic E-state index is 11.0. The highest BCUT2D eigenvalue weighted by Gasteiger charge is 2.23. The number of carboxylic acid groups (broad SMARTS) is 1. The fraction of sp³-hybridized carbons (Fsp3) is 0.231. The third-order valence-corrected chi connectivity index (χ3v) is 3.03. The van der Waals surface area contributed by atoms with Gasteiger partial charge in [-0.2, -0.15) is 0 Å². The monoisotopic (exact) mass is 276 g/mol. The van der Waals surface area contributed by atoms with E-state index in [0.29, 0.717) is 30.3 Å². The lowest BCUT2D eigenvalue weighted by Crippen LogP contribution is -2.16. The molecule has 1 aromatic carbocycles. The van der Waals surface area contributed by atoms with Crippen molar-refractivity contribution < 1.29 is 24.5 Å². The molecule has 104 valence electrons. The van der Waals surface area contributed by atoms with Gasteiger partial charge in [-0.05, 0) is 17.7 Å². The molecule has 3 rings (SSSR count). The molecular formula is C13H12N2O5. The molecule has 0 saturated heterocycles. The Hall–Kier alpha value is -2.54. The molecule has 0 spiro atoms. The van der Waals surface area contributed by atoms with Gasteiger partial charge < -0.3 is 24.7 Å². The second-order valence-corrected chi connectivity index (χ2v) is 4.28. The lowest BCUT2D eigenvalue weighted by Gasteiger charge is -2.20. The highest BCUT2D eigenvalue weighted by Crippen LogP contribution is 2.34. The first-order valence-corrected chi connectivity index (χ1v) is 6.01. The summed E-state index contributed by atoms with van der Waals surface area (Å²) in [5.74, 6) is -0.0581. The maximum Gasteiger partial charge on any atom is 0.356 e. The van der Waals surface area contributed by atoms with E-state index in [2.05, 4.69) is 9.97 Å². The summed E-state index contributed by atoms with van der Waals surface area (Å²) in [5, 5.41) is 19.3. The first-order valence-electron chi connectivity index (χ1n) is 6.01. The Kier molecular flexibility index (Phi) is 3.03. The fourth-order valence-electron chi connectivity index (χ4n) is 2.08. The maximum atomic E-state index is 11.0. The van der Waals surface area contributed by atoms with Gasteiger partial charge in [-0.1, -0.05) is 6.07 Å². The van der Waals surface area contributed by atoms with Crippen LogP contribution in [0, 0.1) is 0 Å². The summed E-state index contributed by atoms with van der Waals surface area (Å²) in [6.45, 7) is 0.926. The van der Waals surface area contributed by atoms with Crippen LogP contribution in [0.3, 0.4) is 0 Å². The standard InChI is InChI=1S/C13H12N2O5/c16-12(10-11(13(17)18)15-6-14-10)7-1-2-8-9(5-7)20-4-3-19-8/h1-2,5-6,12,16H,3-4H2,(H,14,15)(H,17,18). The molecule has 1 aliphatic rings. The second kappa shape index (κ2) is 4.86. The minimum absolute atomic E-state index is 0.133. The van der Waals surface area contributed by atoms with Crippen molar-refractivity contribution in [2.75, 3.05) is 13.2 Å². The van der Waals surface area contributed by atoms with Crippen LogP contribution in [0.1, 0.15) is 27.8 Å². The van der Waals surface area contributed by atoms with E-state index in [1.165, 1.54) is 6.33 Å². The number of carboxylic acids is 1. The minimum atomic E-state index is -1.20. The summed E-state index contributed by atoms with van der Waals surface area (Å²) in [5.41, 5.74) is 0.433. The topological polar surface area (TPSA) is 105 Å². The van der Waals surface area contributed by atoms with Crippen molar-refractivity contribution in [2.24, 2.45) is 0 Å². The predicted octanol–water partition coefficient (Wildman–Crippen LogP) is 0.961. The quantitative estimate of drug-likeness (QED) is 0.771. The van der Waals surface area contributed by atoms with Crippen molar-refractivity contribution in [3.8, 4) is 11.5 Å². The first-order chi connectivity index (χ1) is 9.66. The van der Waals surface area contributed by atoms with E-state index in [1.54, 1.807) is 18.2 Å². The molecule has 7 heteroatoms. The van der Waals surface area contributed by atoms with Crippen LogP contribution in [0.2, 0.25) is 0 Å². The molecule has 2 aromatic rings. The highest BCUT2D eigenvalue weighted by molar-refractivity contribution is 5.86. The zero-order valence-electron chi connectivity index (χ0n) is 10.4. The third kappa shape index (κ3) is 2.08. The lowest BCUT2D eigenvalue weighted by atomic mass is 10.0. The van der Waals surface area contributed by atoms with Gasteiger partial charge in [-0.3, -0.25) is 0 Å². The molecule has 0 aliphatic carbocycles. The number of rotatable bonds is 3. The number of aromatic carboxylic acids is 1. The SMILES string of the molecule is O=C(O)c1nc[nH]c1C(O)c1ccc2c(c1)OCCO2. The fourth-order valence-corrected chi connectivity index (χ4v) is 2.08. The summed E-state index contributed by atoms with van der Waals surface area (Å²) in [6.07, 6.45) is 0.111. The van der Waals surface area contributed by atoms with Gasteiger partial charge in [0.15, 0.2) is 17.2 Å². The molecule has 7 nitrogen and oxygen atoms in total. The normalized spacial score (nSPS) is 14.8. The summed E-state index contributed by atoms with van der Waals surface area (Å²) < 4.78 is 10.8. The number of benzene rings is 1. The molecule has 1 unspecified atom stereocenters. The van der Waals surface area contributed by atoms with Crippen molar-refractivity contribution in [3.63, 3.8) is 0 Å². The van der Waals surface area contributed by atoms with Gasteiger partial charge in [-0.25, -0.2) is 9.78 Å². The Morgan fingerprint density at radius 1 is 1.30 bits per heavy atom. The average Bonchev–Trinajstić information content (AvgIpc) is 2.95. The number of hydrogen-bond donors (Lipinski definition) is 3. The van der Waals surface area contributed by atoms with Gasteiger partial charge >= 0.3 is 5.97 Å². The molecular weight excluding hydrogens is 264 g/mol. The van der Waals surface area contributed by atoms with Crippen LogP contribution >= 0.6 is 0 Å². The van der Waals surface area contributed by atoms with E-state index < -0.39 is 12.1 Å². The van der Waals surface area contributed by atoms with Crippen molar-refractivity contribution in [3.05, 3.63) is 41.5 Å². The first kappa shape index (κ1) is 12.5. The molecule has 1 aliphatic heterocycles. The molecule has 0 radical (unpaired) electrons. The van der Waals surface area contributed by atoms with E-state index in [0.717, 1.165) is 0 Å². The molecule has 3 N–H and O–H groups in total. The Balaban J connectivity index is 1.96. The number of H-pyrrole nitrogens is 1. The Morgan fingerprint density at radius 2 is 2.05 bits per heavy atom. The zero-order valence-corrected chi connectivity index (χ0v) is 10.4. The van der Waals surface area contributed by atoms with E-state index in [-0.39, 0.29) is 11.4 Å². The summed E-state index contributed by atoms with van der Waals surface area (Å²) in [6, 6.07) is 4.97. The van der Waals surface area contributed by atoms with Gasteiger partial charge in [0.1, 0.15) is 19.3 Å². The third-order valence-electron chi connectivity index (χ3n) is 3.03. The van der Waals surface area contributed by atoms with E-state index >= 15 is 0 Å². The van der Waals surface area contributed by atoms with Crippen molar-refractivity contribution >= 4 is 5.97 Å². The average molecular weight is 276 g/mol. The van der Waals surface area contributed by atoms with E-state index in [1.807, 2.05) is 0 Å². The Morgan fingerprint density at radius 3 is 2.80 bits per heavy atom. The van der Waals surface area contributed by atoms with Gasteiger partial charge in [0.25, 0.3) is 0 Å². The molecule has 1 aromatic heterocycles. The number of nitrogens with zero attached hydrogens (tertiary/aromatic N) is 1. The number of aromatic amines is 1. The Labute approximate surface area is 113 Å². The molecule has 2 heterocycles. The van der Waals surface area contributed by atoms with Gasteiger partial charge in [0, 0.05) is 0 Å². The number of fused-ring (bicyclic) bond motifs is 1. The molecule has 0 bridgehead atoms. The van der Waals surface area contributed by atoms with Crippen LogP contribution in [0.15, 0.2) is 24.5 Å². The Bertz CT molecular complexity index is 652. The van der Waals surface area contributed by atoms with Crippen LogP contribution in [0.5, 0.6) is 11.5 Å². The number of aliphatic hydroxyl groups is 1. The second-order valence-electron chi connectivity index (χ2n) is 4.28. The summed E-state index contributed by atoms with van der Waals surface area (Å²) in [7, 11) is 0. The van der Waals surface area contributed by atoms with E-state index in [4.69, 9.17) is 14.6 Å². The van der Waals surface area contributed by atoms with E-state index in [9.17, 15) is 9.90 Å². The number of aliphatic hydroxyl groups excluding tert-OH is 1. The summed E-state index contributed by atoms with van der Waals surface area (Å²) in [4.78, 5) is 17.3. The molecule has 0 saturated carbocycles. The minimum Gasteiger partial charge on any atom is -0.486 e.